The van der Waals surface area contributed by atoms with E-state index < -0.39 is 11.7 Å². The van der Waals surface area contributed by atoms with E-state index in [2.05, 4.69) is 10.3 Å². The predicted molar refractivity (Wildman–Crippen MR) is 113 cm³/mol. The lowest BCUT2D eigenvalue weighted by molar-refractivity contribution is -0.137. The Kier molecular flexibility index (Phi) is 7.58. The second-order valence-electron chi connectivity index (χ2n) is 7.40. The first kappa shape index (κ1) is 22.8. The zero-order chi connectivity index (χ0) is 19.6. The molecule has 1 aliphatic carbocycles. The van der Waals surface area contributed by atoms with Crippen LogP contribution in [0.25, 0.3) is 0 Å². The maximum atomic E-state index is 13.0. The molecule has 1 amide bonds. The van der Waals surface area contributed by atoms with Crippen molar-refractivity contribution in [1.82, 2.24) is 15.1 Å². The van der Waals surface area contributed by atoms with Crippen LogP contribution in [0.2, 0.25) is 0 Å². The highest BCUT2D eigenvalue weighted by Gasteiger charge is 2.33. The van der Waals surface area contributed by atoms with Crippen LogP contribution in [-0.2, 0) is 11.0 Å². The van der Waals surface area contributed by atoms with Gasteiger partial charge in [-0.15, -0.1) is 24.0 Å². The van der Waals surface area contributed by atoms with E-state index >= 15 is 0 Å². The quantitative estimate of drug-likeness (QED) is 0.385. The third-order valence-corrected chi connectivity index (χ3v) is 4.95. The normalized spacial score (nSPS) is 20.0. The Labute approximate surface area is 180 Å². The molecule has 0 bridgehead atoms. The highest BCUT2D eigenvalue weighted by atomic mass is 127. The second kappa shape index (κ2) is 9.32. The topological polar surface area (TPSA) is 47.9 Å². The molecule has 1 aromatic rings. The van der Waals surface area contributed by atoms with Crippen molar-refractivity contribution in [3.05, 3.63) is 35.4 Å². The lowest BCUT2D eigenvalue weighted by Crippen LogP contribution is -2.42. The molecule has 156 valence electrons. The Hall–Kier alpha value is -1.52. The fourth-order valence-electron chi connectivity index (χ4n) is 3.12. The Morgan fingerprint density at radius 1 is 1.29 bits per heavy atom. The van der Waals surface area contributed by atoms with Crippen LogP contribution in [-0.4, -0.2) is 61.4 Å². The van der Waals surface area contributed by atoms with Crippen molar-refractivity contribution in [1.29, 1.82) is 0 Å². The monoisotopic (exact) mass is 510 g/mol. The molecule has 1 atom stereocenters. The third kappa shape index (κ3) is 5.99. The van der Waals surface area contributed by atoms with Gasteiger partial charge in [0.2, 0.25) is 5.91 Å². The molecular weight excluding hydrogens is 484 g/mol. The van der Waals surface area contributed by atoms with Gasteiger partial charge < -0.3 is 15.1 Å². The summed E-state index contributed by atoms with van der Waals surface area (Å²) in [7, 11) is 3.37. The molecule has 1 unspecified atom stereocenters. The van der Waals surface area contributed by atoms with Crippen LogP contribution >= 0.6 is 24.0 Å². The number of nitrogens with one attached hydrogen (secondary N) is 1. The van der Waals surface area contributed by atoms with Gasteiger partial charge in [0.1, 0.15) is 6.54 Å². The van der Waals surface area contributed by atoms with E-state index in [1.165, 1.54) is 17.0 Å². The SMILES string of the molecule is CN(C)C(=O)CN=C(NC1CC1)N1CCC(c2cccc(C(F)(F)F)c2)C1.I. The lowest BCUT2D eigenvalue weighted by Gasteiger charge is -2.22. The van der Waals surface area contributed by atoms with Crippen molar-refractivity contribution in [2.75, 3.05) is 33.7 Å². The van der Waals surface area contributed by atoms with E-state index in [1.807, 2.05) is 4.90 Å². The van der Waals surface area contributed by atoms with E-state index in [4.69, 9.17) is 0 Å². The molecule has 1 aromatic carbocycles. The van der Waals surface area contributed by atoms with E-state index in [0.29, 0.717) is 30.7 Å². The number of carbonyl (C=O) groups is 1. The number of nitrogens with zero attached hydrogens (tertiary/aromatic N) is 3. The van der Waals surface area contributed by atoms with Gasteiger partial charge in [0.25, 0.3) is 0 Å². The van der Waals surface area contributed by atoms with Crippen molar-refractivity contribution in [2.45, 2.75) is 37.4 Å². The molecule has 5 nitrogen and oxygen atoms in total. The largest absolute Gasteiger partial charge is 0.416 e. The summed E-state index contributed by atoms with van der Waals surface area (Å²) in [5.74, 6) is 0.615. The molecule has 2 aliphatic rings. The fraction of sp³-hybridized carbons (Fsp3) is 0.579. The molecule has 1 saturated heterocycles. The molecule has 28 heavy (non-hydrogen) atoms. The second-order valence-corrected chi connectivity index (χ2v) is 7.40. The van der Waals surface area contributed by atoms with Gasteiger partial charge in [-0.05, 0) is 30.9 Å². The number of rotatable bonds is 4. The Morgan fingerprint density at radius 2 is 2.00 bits per heavy atom. The van der Waals surface area contributed by atoms with E-state index in [9.17, 15) is 18.0 Å². The molecule has 0 spiro atoms. The van der Waals surface area contributed by atoms with Gasteiger partial charge in [0.05, 0.1) is 5.56 Å². The number of likely N-dealkylation sites (tertiary alicyclic amines) is 1. The Morgan fingerprint density at radius 3 is 2.61 bits per heavy atom. The van der Waals surface area contributed by atoms with Crippen LogP contribution < -0.4 is 5.32 Å². The van der Waals surface area contributed by atoms with Crippen molar-refractivity contribution in [3.8, 4) is 0 Å². The average Bonchev–Trinajstić information content (AvgIpc) is 3.30. The summed E-state index contributed by atoms with van der Waals surface area (Å²) in [5, 5.41) is 3.36. The molecule has 9 heteroatoms. The summed E-state index contributed by atoms with van der Waals surface area (Å²) < 4.78 is 38.9. The van der Waals surface area contributed by atoms with Crippen molar-refractivity contribution in [2.24, 2.45) is 4.99 Å². The zero-order valence-corrected chi connectivity index (χ0v) is 18.3. The number of guanidine groups is 1. The van der Waals surface area contributed by atoms with Gasteiger partial charge in [-0.2, -0.15) is 13.2 Å². The minimum atomic E-state index is -4.33. The summed E-state index contributed by atoms with van der Waals surface area (Å²) in [4.78, 5) is 19.8. The number of halogens is 4. The molecule has 0 radical (unpaired) electrons. The molecular formula is C19H26F3IN4O. The van der Waals surface area contributed by atoms with Gasteiger partial charge >= 0.3 is 6.18 Å². The number of carbonyl (C=O) groups excluding carboxylic acids is 1. The lowest BCUT2D eigenvalue weighted by atomic mass is 9.96. The molecule has 0 aromatic heterocycles. The van der Waals surface area contributed by atoms with E-state index in [1.54, 1.807) is 20.2 Å². The van der Waals surface area contributed by atoms with Crippen LogP contribution in [0.1, 0.15) is 36.3 Å². The Bertz CT molecular complexity index is 719. The fourth-order valence-corrected chi connectivity index (χ4v) is 3.12. The summed E-state index contributed by atoms with van der Waals surface area (Å²) in [6, 6.07) is 5.95. The number of aliphatic imine (C=N–C) groups is 1. The third-order valence-electron chi connectivity index (χ3n) is 4.95. The molecule has 1 heterocycles. The standard InChI is InChI=1S/C19H25F3N4O.HI/c1-25(2)17(27)11-23-18(24-16-6-7-16)26-9-8-14(12-26)13-4-3-5-15(10-13)19(20,21)22;/h3-5,10,14,16H,6-9,11-12H2,1-2H3,(H,23,24);1H. The van der Waals surface area contributed by atoms with Crippen LogP contribution in [0.15, 0.2) is 29.3 Å². The highest BCUT2D eigenvalue weighted by molar-refractivity contribution is 14.0. The first-order valence-electron chi connectivity index (χ1n) is 9.17. The van der Waals surface area contributed by atoms with Gasteiger partial charge in [-0.3, -0.25) is 4.79 Å². The summed E-state index contributed by atoms with van der Waals surface area (Å²) in [5.41, 5.74) is 0.0856. The molecule has 1 saturated carbocycles. The van der Waals surface area contributed by atoms with Gasteiger partial charge in [-0.1, -0.05) is 18.2 Å². The van der Waals surface area contributed by atoms with Crippen LogP contribution in [0, 0.1) is 0 Å². The van der Waals surface area contributed by atoms with Crippen LogP contribution in [0.3, 0.4) is 0 Å². The maximum Gasteiger partial charge on any atom is 0.416 e. The number of alkyl halides is 3. The summed E-state index contributed by atoms with van der Waals surface area (Å²) in [6.45, 7) is 1.36. The first-order chi connectivity index (χ1) is 12.7. The highest BCUT2D eigenvalue weighted by Crippen LogP contribution is 2.34. The van der Waals surface area contributed by atoms with Gasteiger partial charge in [0.15, 0.2) is 5.96 Å². The molecule has 2 fully saturated rings. The smallest absolute Gasteiger partial charge is 0.353 e. The molecule has 1 aliphatic heterocycles. The summed E-state index contributed by atoms with van der Waals surface area (Å²) in [6.07, 6.45) is -1.42. The predicted octanol–water partition coefficient (Wildman–Crippen LogP) is 3.31. The van der Waals surface area contributed by atoms with Crippen molar-refractivity contribution >= 4 is 35.8 Å². The zero-order valence-electron chi connectivity index (χ0n) is 16.0. The van der Waals surface area contributed by atoms with Crippen molar-refractivity contribution in [3.63, 3.8) is 0 Å². The number of amides is 1. The minimum Gasteiger partial charge on any atom is -0.353 e. The van der Waals surface area contributed by atoms with Crippen molar-refractivity contribution < 1.29 is 18.0 Å². The minimum absolute atomic E-state index is 0. The maximum absolute atomic E-state index is 13.0. The Balaban J connectivity index is 0.00000280. The van der Waals surface area contributed by atoms with E-state index in [-0.39, 0.29) is 42.3 Å². The number of benzene rings is 1. The van der Waals surface area contributed by atoms with Crippen LogP contribution in [0.4, 0.5) is 13.2 Å². The number of likely N-dealkylation sites (N-methyl/N-ethyl adjacent to an activating group) is 1. The average molecular weight is 510 g/mol. The van der Waals surface area contributed by atoms with Crippen LogP contribution in [0.5, 0.6) is 0 Å². The van der Waals surface area contributed by atoms with Gasteiger partial charge in [-0.25, -0.2) is 4.99 Å². The molecule has 1 N–H and O–H groups in total. The number of hydrogen-bond donors (Lipinski definition) is 1. The molecule has 3 rings (SSSR count). The van der Waals surface area contributed by atoms with E-state index in [0.717, 1.165) is 25.3 Å². The first-order valence-corrected chi connectivity index (χ1v) is 9.17. The van der Waals surface area contributed by atoms with Gasteiger partial charge in [0, 0.05) is 39.1 Å². The number of hydrogen-bond acceptors (Lipinski definition) is 2. The summed E-state index contributed by atoms with van der Waals surface area (Å²) >= 11 is 0.